The summed E-state index contributed by atoms with van der Waals surface area (Å²) in [5, 5.41) is 60.2. The van der Waals surface area contributed by atoms with Crippen LogP contribution in [-0.2, 0) is 61.5 Å². The summed E-state index contributed by atoms with van der Waals surface area (Å²) in [5.41, 5.74) is 44.1. The highest BCUT2D eigenvalue weighted by Crippen LogP contribution is 2.43. The van der Waals surface area contributed by atoms with Gasteiger partial charge in [0, 0.05) is 96.9 Å². The third kappa shape index (κ3) is 21.5. The van der Waals surface area contributed by atoms with E-state index in [1.165, 1.54) is 99.3 Å². The van der Waals surface area contributed by atoms with E-state index in [4.69, 9.17) is 28.7 Å². The number of anilines is 5. The predicted molar refractivity (Wildman–Crippen MR) is 536 cm³/mol. The Labute approximate surface area is 810 Å². The van der Waals surface area contributed by atoms with Crippen molar-refractivity contribution in [2.24, 2.45) is 0 Å². The highest BCUT2D eigenvalue weighted by molar-refractivity contribution is 7.91. The summed E-state index contributed by atoms with van der Waals surface area (Å²) in [6, 6.07) is 30.1. The monoisotopic (exact) mass is 2030 g/mol. The number of fused-ring (bicyclic) bond motifs is 6. The first kappa shape index (κ1) is 102. The number of aromatic nitrogens is 11. The van der Waals surface area contributed by atoms with Crippen molar-refractivity contribution in [2.75, 3.05) is 61.6 Å². The van der Waals surface area contributed by atoms with Crippen LogP contribution in [0.3, 0.4) is 0 Å². The van der Waals surface area contributed by atoms with Gasteiger partial charge >= 0.3 is 6.18 Å². The first-order valence-corrected chi connectivity index (χ1v) is 51.6. The molecule has 12 aromatic heterocycles. The molecule has 0 bridgehead atoms. The van der Waals surface area contributed by atoms with Crippen LogP contribution in [0.25, 0.3) is 62.0 Å². The Morgan fingerprint density at radius 1 is 0.431 bits per heavy atom. The number of nitrogen functional groups attached to an aromatic ring is 5. The fourth-order valence-corrected chi connectivity index (χ4v) is 24.0. The van der Waals surface area contributed by atoms with Gasteiger partial charge in [-0.2, -0.15) is 43.0 Å². The lowest BCUT2D eigenvalue weighted by Crippen LogP contribution is -2.60. The molecule has 1 saturated heterocycles. The van der Waals surface area contributed by atoms with Gasteiger partial charge in [-0.3, -0.25) is 24.0 Å². The number of nitrogens with one attached hydrogen (secondary N) is 6. The van der Waals surface area contributed by atoms with Crippen LogP contribution in [0.5, 0.6) is 0 Å². The van der Waals surface area contributed by atoms with Crippen molar-refractivity contribution in [1.82, 2.24) is 91.2 Å². The maximum Gasteiger partial charge on any atom is 0.397 e. The molecule has 1 fully saturated rings. The number of aromatic amines is 1. The lowest BCUT2D eigenvalue weighted by atomic mass is 9.83. The molecule has 16 N–H and O–H groups in total. The Hall–Kier alpha value is -12.8. The zero-order valence-corrected chi connectivity index (χ0v) is 84.4. The van der Waals surface area contributed by atoms with E-state index in [9.17, 15) is 62.4 Å². The topological polar surface area (TPSA) is 529 Å². The van der Waals surface area contributed by atoms with Crippen molar-refractivity contribution in [3.05, 3.63) is 229 Å². The van der Waals surface area contributed by atoms with Crippen LogP contribution >= 0.6 is 68.0 Å². The van der Waals surface area contributed by atoms with E-state index in [-0.39, 0.29) is 89.4 Å². The number of alkyl halides is 3. The maximum absolute atomic E-state index is 13.2. The largest absolute Gasteiger partial charge is 0.397 e. The summed E-state index contributed by atoms with van der Waals surface area (Å²) in [5.74, 6) is -1.41. The SMILES string of the molecule is CCS(=O)(=O)c1ccc(CNC(=O)c2sc3nnc(C)c(C)c3c2N)cc1.Cc1ccc(S(=O)(=O)N2CC(NC(=O)c3sc4nnc(C)c(C)c4c3N)C2)s1.Cc1nnc2sc(C(=O)NCc3ccc(C(C)(C)C(F)(F)F)cc3)c(N)c2c1C.Cc1nnc2sc(C(=O)NCc3ccc(S(=O)(=O)N(C)C)cc3)c(N)c2c1C.Cc1nnc2sc(C(=O)NCc3ccc4[nH]ccc4c3)c(N)c2c1C. The van der Waals surface area contributed by atoms with E-state index in [0.29, 0.717) is 93.3 Å². The van der Waals surface area contributed by atoms with Crippen molar-refractivity contribution in [1.29, 1.82) is 0 Å². The second-order valence-electron chi connectivity index (χ2n) is 33.0. The minimum absolute atomic E-state index is 0.0517. The van der Waals surface area contributed by atoms with Crippen molar-refractivity contribution < 1.29 is 62.4 Å². The molecular weight excluding hydrogens is 1940 g/mol. The smallest absolute Gasteiger partial charge is 0.397 e. The van der Waals surface area contributed by atoms with Crippen LogP contribution in [0.2, 0.25) is 0 Å². The van der Waals surface area contributed by atoms with Gasteiger partial charge in [0.2, 0.25) is 10.0 Å². The lowest BCUT2D eigenvalue weighted by molar-refractivity contribution is -0.180. The molecule has 17 rings (SSSR count). The van der Waals surface area contributed by atoms with E-state index < -0.39 is 41.5 Å². The first-order chi connectivity index (χ1) is 64.5. The molecule has 1 aliphatic rings. The van der Waals surface area contributed by atoms with E-state index in [1.807, 2.05) is 101 Å². The minimum Gasteiger partial charge on any atom is -0.397 e. The van der Waals surface area contributed by atoms with Crippen LogP contribution < -0.4 is 55.3 Å². The van der Waals surface area contributed by atoms with Crippen molar-refractivity contribution in [2.45, 2.75) is 155 Å². The van der Waals surface area contributed by atoms with Crippen LogP contribution in [-0.4, -0.2) is 165 Å². The molecule has 137 heavy (non-hydrogen) atoms. The highest BCUT2D eigenvalue weighted by atomic mass is 32.2. The number of nitrogens with zero attached hydrogens (tertiary/aromatic N) is 12. The second-order valence-corrected chi connectivity index (χ2v) is 45.8. The molecule has 16 aromatic rings. The maximum atomic E-state index is 13.2. The van der Waals surface area contributed by atoms with Gasteiger partial charge in [-0.1, -0.05) is 61.5 Å². The molecule has 13 heterocycles. The summed E-state index contributed by atoms with van der Waals surface area (Å²) < 4.78 is 115. The third-order valence-corrected chi connectivity index (χ3v) is 35.7. The summed E-state index contributed by atoms with van der Waals surface area (Å²) in [6.45, 7) is 26.1. The summed E-state index contributed by atoms with van der Waals surface area (Å²) >= 11 is 7.30. The van der Waals surface area contributed by atoms with Gasteiger partial charge in [-0.15, -0.1) is 93.5 Å². The number of carbonyl (C=O) groups is 5. The van der Waals surface area contributed by atoms with Crippen molar-refractivity contribution in [3.8, 4) is 0 Å². The molecule has 0 atom stereocenters. The highest BCUT2D eigenvalue weighted by Gasteiger charge is 2.48. The number of hydrogen-bond acceptors (Lipinski definition) is 32. The Bertz CT molecular complexity index is 7760. The summed E-state index contributed by atoms with van der Waals surface area (Å²) in [4.78, 5) is 72.7. The number of H-pyrrole nitrogens is 1. The van der Waals surface area contributed by atoms with Gasteiger partial charge in [0.25, 0.3) is 39.6 Å². The Morgan fingerprint density at radius 3 is 1.07 bits per heavy atom. The van der Waals surface area contributed by atoms with Crippen molar-refractivity contribution >= 4 is 218 Å². The van der Waals surface area contributed by atoms with Crippen LogP contribution in [0.1, 0.15) is 158 Å². The van der Waals surface area contributed by atoms with Gasteiger partial charge < -0.3 is 60.2 Å². The Balaban J connectivity index is 0.000000145. The van der Waals surface area contributed by atoms with E-state index in [2.05, 4.69) is 88.6 Å². The molecule has 34 nitrogen and oxygen atoms in total. The Morgan fingerprint density at radius 2 is 0.752 bits per heavy atom. The average molecular weight is 2040 g/mol. The predicted octanol–water partition coefficient (Wildman–Crippen LogP) is 14.7. The van der Waals surface area contributed by atoms with Gasteiger partial charge in [0.05, 0.1) is 83.9 Å². The fraction of sp³-hybridized carbons (Fsp3) is 0.286. The normalized spacial score (nSPS) is 12.6. The molecule has 0 radical (unpaired) electrons. The molecule has 0 spiro atoms. The van der Waals surface area contributed by atoms with E-state index in [1.54, 1.807) is 67.6 Å². The summed E-state index contributed by atoms with van der Waals surface area (Å²) in [6.07, 6.45) is -2.45. The zero-order valence-electron chi connectivity index (χ0n) is 77.0. The number of rotatable bonds is 21. The quantitative estimate of drug-likeness (QED) is 0.0318. The van der Waals surface area contributed by atoms with E-state index >= 15 is 0 Å². The molecule has 0 saturated carbocycles. The second kappa shape index (κ2) is 40.9. The van der Waals surface area contributed by atoms with Crippen LogP contribution in [0.15, 0.2) is 129 Å². The van der Waals surface area contributed by atoms with Crippen molar-refractivity contribution in [3.63, 3.8) is 0 Å². The molecule has 4 aromatic carbocycles. The molecule has 0 aliphatic carbocycles. The zero-order chi connectivity index (χ0) is 99.7. The number of halogens is 3. The number of thiophene rings is 6. The van der Waals surface area contributed by atoms with Gasteiger partial charge in [-0.25, -0.2) is 29.6 Å². The Kier molecular flexibility index (Phi) is 30.3. The molecule has 0 unspecified atom stereocenters. The molecule has 46 heteroatoms. The number of aryl methyl sites for hydroxylation is 11. The van der Waals surface area contributed by atoms with E-state index in [0.717, 1.165) is 145 Å². The third-order valence-electron chi connectivity index (χ3n) is 23.4. The van der Waals surface area contributed by atoms with Gasteiger partial charge in [0.15, 0.2) is 9.84 Å². The summed E-state index contributed by atoms with van der Waals surface area (Å²) in [7, 11) is -7.25. The number of hydrogen-bond donors (Lipinski definition) is 11. The van der Waals surface area contributed by atoms with Crippen LogP contribution in [0.4, 0.5) is 41.6 Å². The van der Waals surface area contributed by atoms with Crippen LogP contribution in [0, 0.1) is 76.2 Å². The number of carbonyl (C=O) groups excluding carboxylic acids is 5. The standard InChI is InChI=1S/C20H21F3N4OS.C18H21N5O3S2.C18H17N5OS.C18H20N4O3S2.C17H19N5O3S3/c1-10-11(2)26-27-18-14(10)15(24)16(29-18)17(28)25-9-12-5-7-13(8-6-12)19(3,4)20(21,22)23;1-10-11(2)21-22-18-14(10)15(19)16(27-18)17(24)20-9-12-5-7-13(8-6-12)28(25,26)23(3)4;1-9-10(2)22-23-18-14(9)15(19)16(25-18)17(24)21-8-11-3-4-13-12(7-11)5-6-20-13;1-4-27(24,25)13-7-5-12(6-8-13)9-20-17(23)16-15(19)14-10(2)11(3)21-22-18(14)26-16;1-8-4-5-12(26-8)28(24,25)22-6-11(7-22)19-16(23)15-14(18)13-9(2)10(3)20-21-17(13)27-15/h5-8H,9,24H2,1-4H3,(H,25,28);5-8H,9,19H2,1-4H3,(H,20,24);3-7,20H,8,19H2,1-2H3,(H,21,24);5-8H,4,9,19H2,1-3H3,(H,20,23);4-5,11H,6-7,18H2,1-3H3,(H,19,23). The van der Waals surface area contributed by atoms with Gasteiger partial charge in [-0.05, 0) is 206 Å². The average Bonchev–Trinajstić information content (AvgIpc) is 1.64. The number of benzene rings is 4. The number of sulfonamides is 2. The number of amides is 5. The lowest BCUT2D eigenvalue weighted by Gasteiger charge is -2.37. The number of sulfone groups is 1. The minimum atomic E-state index is -4.35. The molecule has 1 aliphatic heterocycles. The molecule has 718 valence electrons. The molecular formula is C91H98F3N23O11S9. The first-order valence-electron chi connectivity index (χ1n) is 42.2. The number of nitrogens with two attached hydrogens (primary N) is 5. The fourth-order valence-electron chi connectivity index (χ4n) is 14.1. The molecule has 5 amide bonds. The van der Waals surface area contributed by atoms with Gasteiger partial charge in [0.1, 0.15) is 52.7 Å².